The van der Waals surface area contributed by atoms with E-state index in [0.717, 1.165) is 21.3 Å². The maximum absolute atomic E-state index is 12.2. The number of ether oxygens (including phenoxy) is 1. The van der Waals surface area contributed by atoms with Gasteiger partial charge in [0, 0.05) is 10.6 Å². The van der Waals surface area contributed by atoms with Gasteiger partial charge in [0.2, 0.25) is 0 Å². The van der Waals surface area contributed by atoms with E-state index in [2.05, 4.69) is 36.7 Å². The third-order valence-electron chi connectivity index (χ3n) is 3.52. The van der Waals surface area contributed by atoms with Crippen molar-refractivity contribution in [3.05, 3.63) is 69.3 Å². The summed E-state index contributed by atoms with van der Waals surface area (Å²) < 4.78 is 5.97. The van der Waals surface area contributed by atoms with Crippen molar-refractivity contribution in [2.45, 2.75) is 0 Å². The molecule has 0 saturated heterocycles. The molecule has 8 heteroatoms. The van der Waals surface area contributed by atoms with Gasteiger partial charge in [-0.1, -0.05) is 23.7 Å². The number of rotatable bonds is 5. The molecule has 0 saturated carbocycles. The third-order valence-corrected chi connectivity index (χ3v) is 4.39. The number of nitrogens with one attached hydrogen (secondary N) is 2. The lowest BCUT2D eigenvalue weighted by Crippen LogP contribution is -2.18. The van der Waals surface area contributed by atoms with E-state index in [-0.39, 0.29) is 5.91 Å². The Morgan fingerprint density at radius 1 is 1.27 bits per heavy atom. The number of methoxy groups -OCH3 is 1. The highest BCUT2D eigenvalue weighted by Gasteiger charge is 2.10. The summed E-state index contributed by atoms with van der Waals surface area (Å²) in [5.74, 6) is 0.333. The molecular formula is C18H14BrClN4O2. The lowest BCUT2D eigenvalue weighted by atomic mass is 10.1. The Kier molecular flexibility index (Phi) is 5.70. The van der Waals surface area contributed by atoms with Crippen molar-refractivity contribution < 1.29 is 9.53 Å². The molecule has 0 spiro atoms. The summed E-state index contributed by atoms with van der Waals surface area (Å²) in [6, 6.07) is 14.3. The van der Waals surface area contributed by atoms with E-state index in [1.165, 1.54) is 0 Å². The van der Waals surface area contributed by atoms with Crippen LogP contribution >= 0.6 is 27.5 Å². The second kappa shape index (κ2) is 8.16. The van der Waals surface area contributed by atoms with E-state index < -0.39 is 0 Å². The van der Waals surface area contributed by atoms with Crippen LogP contribution in [0.5, 0.6) is 5.75 Å². The van der Waals surface area contributed by atoms with Crippen LogP contribution in [0.2, 0.25) is 5.02 Å². The molecule has 1 heterocycles. The van der Waals surface area contributed by atoms with Crippen LogP contribution in [0.15, 0.2) is 58.1 Å². The summed E-state index contributed by atoms with van der Waals surface area (Å²) in [6.07, 6.45) is 1.54. The number of hydrazone groups is 1. The topological polar surface area (TPSA) is 79.4 Å². The minimum absolute atomic E-state index is 0.308. The van der Waals surface area contributed by atoms with Crippen LogP contribution in [0.25, 0.3) is 11.3 Å². The predicted octanol–water partition coefficient (Wildman–Crippen LogP) is 4.27. The number of aromatic amines is 1. The smallest absolute Gasteiger partial charge is 0.289 e. The molecule has 3 rings (SSSR count). The lowest BCUT2D eigenvalue weighted by molar-refractivity contribution is 0.0950. The first-order valence-corrected chi connectivity index (χ1v) is 8.72. The maximum Gasteiger partial charge on any atom is 0.289 e. The largest absolute Gasteiger partial charge is 0.496 e. The molecule has 0 atom stereocenters. The van der Waals surface area contributed by atoms with Crippen molar-refractivity contribution in [2.24, 2.45) is 5.10 Å². The Balaban J connectivity index is 1.65. The molecule has 6 nitrogen and oxygen atoms in total. The zero-order valence-corrected chi connectivity index (χ0v) is 16.0. The van der Waals surface area contributed by atoms with Crippen LogP contribution in [-0.4, -0.2) is 29.4 Å². The van der Waals surface area contributed by atoms with Crippen LogP contribution in [-0.2, 0) is 0 Å². The van der Waals surface area contributed by atoms with Crippen LogP contribution in [0.1, 0.15) is 16.1 Å². The van der Waals surface area contributed by atoms with E-state index >= 15 is 0 Å². The molecule has 0 aliphatic carbocycles. The molecule has 132 valence electrons. The predicted molar refractivity (Wildman–Crippen MR) is 105 cm³/mol. The van der Waals surface area contributed by atoms with E-state index in [1.807, 2.05) is 24.3 Å². The first kappa shape index (κ1) is 18.2. The van der Waals surface area contributed by atoms with Crippen molar-refractivity contribution in [1.29, 1.82) is 0 Å². The van der Waals surface area contributed by atoms with Gasteiger partial charge in [-0.3, -0.25) is 9.89 Å². The molecular weight excluding hydrogens is 420 g/mol. The fourth-order valence-corrected chi connectivity index (χ4v) is 2.88. The van der Waals surface area contributed by atoms with E-state index in [4.69, 9.17) is 16.3 Å². The summed E-state index contributed by atoms with van der Waals surface area (Å²) in [5, 5.41) is 11.4. The molecule has 0 fully saturated rings. The standard InChI is InChI=1S/C18H14BrClN4O2/c1-26-17-7-2-11(8-14(17)19)10-21-24-18(25)16-9-15(22-23-16)12-3-5-13(20)6-4-12/h2-10H,1H3,(H,22,23)(H,24,25). The third kappa shape index (κ3) is 4.30. The number of hydrogen-bond acceptors (Lipinski definition) is 4. The fraction of sp³-hybridized carbons (Fsp3) is 0.0556. The number of nitrogens with zero attached hydrogens (tertiary/aromatic N) is 2. The number of hydrogen-bond donors (Lipinski definition) is 2. The van der Waals surface area contributed by atoms with Gasteiger partial charge in [0.25, 0.3) is 5.91 Å². The van der Waals surface area contributed by atoms with Gasteiger partial charge in [-0.25, -0.2) is 5.43 Å². The number of carbonyl (C=O) groups is 1. The van der Waals surface area contributed by atoms with Gasteiger partial charge in [-0.15, -0.1) is 0 Å². The highest BCUT2D eigenvalue weighted by molar-refractivity contribution is 9.10. The zero-order chi connectivity index (χ0) is 18.5. The van der Waals surface area contributed by atoms with Crippen LogP contribution < -0.4 is 10.2 Å². The summed E-state index contributed by atoms with van der Waals surface area (Å²) in [6.45, 7) is 0. The van der Waals surface area contributed by atoms with Crippen molar-refractivity contribution in [1.82, 2.24) is 15.6 Å². The molecule has 0 radical (unpaired) electrons. The van der Waals surface area contributed by atoms with Crippen LogP contribution in [0.3, 0.4) is 0 Å². The minimum Gasteiger partial charge on any atom is -0.496 e. The fourth-order valence-electron chi connectivity index (χ4n) is 2.20. The van der Waals surface area contributed by atoms with Gasteiger partial charge in [0.1, 0.15) is 11.4 Å². The van der Waals surface area contributed by atoms with E-state index in [9.17, 15) is 4.79 Å². The SMILES string of the molecule is COc1ccc(C=NNC(=O)c2cc(-c3ccc(Cl)cc3)n[nH]2)cc1Br. The van der Waals surface area contributed by atoms with Gasteiger partial charge in [-0.05, 0) is 57.9 Å². The normalized spacial score (nSPS) is 10.9. The lowest BCUT2D eigenvalue weighted by Gasteiger charge is -2.03. The summed E-state index contributed by atoms with van der Waals surface area (Å²) >= 11 is 9.27. The van der Waals surface area contributed by atoms with Gasteiger partial charge in [-0.2, -0.15) is 10.2 Å². The minimum atomic E-state index is -0.387. The molecule has 26 heavy (non-hydrogen) atoms. The van der Waals surface area contributed by atoms with Crippen molar-refractivity contribution >= 4 is 39.7 Å². The number of amides is 1. The average molecular weight is 434 g/mol. The Morgan fingerprint density at radius 2 is 2.04 bits per heavy atom. The van der Waals surface area contributed by atoms with Crippen molar-refractivity contribution in [3.63, 3.8) is 0 Å². The Morgan fingerprint density at radius 3 is 2.73 bits per heavy atom. The quantitative estimate of drug-likeness (QED) is 0.466. The zero-order valence-electron chi connectivity index (χ0n) is 13.7. The van der Waals surface area contributed by atoms with Crippen LogP contribution in [0.4, 0.5) is 0 Å². The molecule has 2 aromatic carbocycles. The second-order valence-electron chi connectivity index (χ2n) is 5.27. The number of aromatic nitrogens is 2. The molecule has 3 aromatic rings. The molecule has 0 unspecified atom stereocenters. The first-order chi connectivity index (χ1) is 12.6. The van der Waals surface area contributed by atoms with Gasteiger partial charge >= 0.3 is 0 Å². The van der Waals surface area contributed by atoms with E-state index in [1.54, 1.807) is 37.6 Å². The summed E-state index contributed by atoms with van der Waals surface area (Å²) in [4.78, 5) is 12.2. The molecule has 0 bridgehead atoms. The monoisotopic (exact) mass is 432 g/mol. The molecule has 0 aliphatic rings. The molecule has 1 aromatic heterocycles. The summed E-state index contributed by atoms with van der Waals surface area (Å²) in [5.41, 5.74) is 5.08. The van der Waals surface area contributed by atoms with Gasteiger partial charge in [0.05, 0.1) is 23.5 Å². The average Bonchev–Trinajstić information content (AvgIpc) is 3.12. The first-order valence-electron chi connectivity index (χ1n) is 7.55. The Labute approximate surface area is 163 Å². The second-order valence-corrected chi connectivity index (χ2v) is 6.56. The number of carbonyl (C=O) groups excluding carboxylic acids is 1. The van der Waals surface area contributed by atoms with Crippen LogP contribution in [0, 0.1) is 0 Å². The van der Waals surface area contributed by atoms with Gasteiger partial charge < -0.3 is 4.74 Å². The Bertz CT molecular complexity index is 954. The number of halogens is 2. The summed E-state index contributed by atoms with van der Waals surface area (Å²) in [7, 11) is 1.59. The molecule has 2 N–H and O–H groups in total. The highest BCUT2D eigenvalue weighted by atomic mass is 79.9. The molecule has 0 aliphatic heterocycles. The Hall–Kier alpha value is -2.64. The van der Waals surface area contributed by atoms with E-state index in [0.29, 0.717) is 16.4 Å². The van der Waals surface area contributed by atoms with Crippen molar-refractivity contribution in [2.75, 3.05) is 7.11 Å². The molecule has 1 amide bonds. The maximum atomic E-state index is 12.2. The van der Waals surface area contributed by atoms with Gasteiger partial charge in [0.15, 0.2) is 0 Å². The highest BCUT2D eigenvalue weighted by Crippen LogP contribution is 2.24. The number of benzene rings is 2. The number of H-pyrrole nitrogens is 1. The van der Waals surface area contributed by atoms with Crippen molar-refractivity contribution in [3.8, 4) is 17.0 Å².